The molecule has 0 rings (SSSR count). The third kappa shape index (κ3) is 12.6. The molecule has 0 aromatic carbocycles. The van der Waals surface area contributed by atoms with Crippen molar-refractivity contribution < 1.29 is 34.2 Å². The molecule has 11 nitrogen and oxygen atoms in total. The molecule has 3 amide bonds. The molecule has 2 atom stereocenters. The highest BCUT2D eigenvalue weighted by molar-refractivity contribution is 8.13. The summed E-state index contributed by atoms with van der Waals surface area (Å²) in [5.74, 6) is -3.97. The Hall–Kier alpha value is -2.34. The number of nitrogens with one attached hydrogen (secondary N) is 3. The van der Waals surface area contributed by atoms with Crippen molar-refractivity contribution in [1.82, 2.24) is 16.0 Å². The first-order valence-corrected chi connectivity index (χ1v) is 9.02. The quantitative estimate of drug-likeness (QED) is 0.253. The maximum absolute atomic E-state index is 12.1. The van der Waals surface area contributed by atoms with Crippen LogP contribution in [0.2, 0.25) is 0 Å². The fraction of sp³-hybridized carbons (Fsp3) is 0.667. The number of carboxylic acids is 2. The molecule has 27 heavy (non-hydrogen) atoms. The molecule has 7 N–H and O–H groups in total. The Labute approximate surface area is 160 Å². The zero-order valence-electron chi connectivity index (χ0n) is 15.4. The van der Waals surface area contributed by atoms with E-state index in [-0.39, 0.29) is 18.6 Å². The van der Waals surface area contributed by atoms with Gasteiger partial charge in [-0.1, -0.05) is 11.8 Å². The molecule has 0 unspecified atom stereocenters. The van der Waals surface area contributed by atoms with Crippen LogP contribution < -0.4 is 21.7 Å². The van der Waals surface area contributed by atoms with Crippen LogP contribution in [0.1, 0.15) is 33.6 Å². The molecule has 0 saturated carbocycles. The topological polar surface area (TPSA) is 188 Å². The van der Waals surface area contributed by atoms with Crippen LogP contribution >= 0.6 is 11.8 Å². The molecule has 0 aliphatic carbocycles. The maximum atomic E-state index is 12.1. The molecule has 0 fully saturated rings. The first kappa shape index (κ1) is 24.7. The van der Waals surface area contributed by atoms with Crippen LogP contribution in [-0.2, 0) is 19.2 Å². The minimum Gasteiger partial charge on any atom is -0.480 e. The van der Waals surface area contributed by atoms with Crippen LogP contribution in [-0.4, -0.2) is 69.1 Å². The summed E-state index contributed by atoms with van der Waals surface area (Å²) in [6.07, 6.45) is -0.213. The second-order valence-electron chi connectivity index (χ2n) is 6.69. The highest BCUT2D eigenvalue weighted by Crippen LogP contribution is 2.08. The predicted molar refractivity (Wildman–Crippen MR) is 98.2 cm³/mol. The zero-order valence-corrected chi connectivity index (χ0v) is 16.2. The molecular formula is C15H26N4O7S. The first-order chi connectivity index (χ1) is 12.3. The summed E-state index contributed by atoms with van der Waals surface area (Å²) in [4.78, 5) is 56.7. The number of carbonyl (C=O) groups is 5. The second-order valence-corrected chi connectivity index (χ2v) is 7.71. The van der Waals surface area contributed by atoms with E-state index in [4.69, 9.17) is 10.8 Å². The number of nitrogens with two attached hydrogens (primary N) is 1. The molecule has 0 aromatic rings. The van der Waals surface area contributed by atoms with Gasteiger partial charge in [-0.3, -0.25) is 29.3 Å². The van der Waals surface area contributed by atoms with Crippen LogP contribution in [0.15, 0.2) is 0 Å². The molecule has 0 radical (unpaired) electrons. The first-order valence-electron chi connectivity index (χ1n) is 8.03. The number of rotatable bonds is 11. The van der Waals surface area contributed by atoms with Crippen molar-refractivity contribution in [2.75, 3.05) is 12.3 Å². The minimum absolute atomic E-state index is 0.0230. The van der Waals surface area contributed by atoms with Crippen molar-refractivity contribution in [1.29, 1.82) is 0 Å². The minimum atomic E-state index is -1.27. The summed E-state index contributed by atoms with van der Waals surface area (Å²) < 4.78 is 0. The van der Waals surface area contributed by atoms with E-state index in [9.17, 15) is 29.1 Å². The van der Waals surface area contributed by atoms with Crippen LogP contribution in [0.5, 0.6) is 0 Å². The number of aliphatic carboxylic acids is 2. The lowest BCUT2D eigenvalue weighted by molar-refractivity contribution is -0.140. The van der Waals surface area contributed by atoms with Crippen molar-refractivity contribution in [3.63, 3.8) is 0 Å². The van der Waals surface area contributed by atoms with E-state index in [2.05, 4.69) is 16.0 Å². The number of primary amides is 1. The lowest BCUT2D eigenvalue weighted by Crippen LogP contribution is -2.50. The third-order valence-corrected chi connectivity index (χ3v) is 3.81. The van der Waals surface area contributed by atoms with Gasteiger partial charge in [-0.2, -0.15) is 0 Å². The van der Waals surface area contributed by atoms with E-state index in [1.165, 1.54) is 0 Å². The lowest BCUT2D eigenvalue weighted by atomic mass is 10.0. The molecule has 0 aliphatic heterocycles. The average molecular weight is 406 g/mol. The largest absolute Gasteiger partial charge is 0.480 e. The summed E-state index contributed by atoms with van der Waals surface area (Å²) in [7, 11) is 0. The van der Waals surface area contributed by atoms with Crippen molar-refractivity contribution in [2.24, 2.45) is 5.73 Å². The molecule has 0 aromatic heterocycles. The van der Waals surface area contributed by atoms with Crippen LogP contribution in [0, 0.1) is 0 Å². The Bertz CT molecular complexity index is 577. The van der Waals surface area contributed by atoms with Gasteiger partial charge in [-0.15, -0.1) is 0 Å². The third-order valence-electron chi connectivity index (χ3n) is 3.02. The Morgan fingerprint density at radius 1 is 1.07 bits per heavy atom. The van der Waals surface area contributed by atoms with Gasteiger partial charge < -0.3 is 26.6 Å². The number of amides is 3. The standard InChI is InChI=1S/C15H26N4O7S/c1-15(2,3)19-8(13(24)25)4-5-10(20)18-9(7-27-14(16)26)12(23)17-6-11(21)22/h8-9,19H,4-7H2,1-3H3,(H2,16,26)(H,17,23)(H,18,20)(H,21,22)(H,24,25)/t8-,9-/m0/s1. The summed E-state index contributed by atoms with van der Waals surface area (Å²) in [6, 6.07) is -2.15. The molecule has 0 heterocycles. The predicted octanol–water partition coefficient (Wildman–Crippen LogP) is -0.895. The van der Waals surface area contributed by atoms with Crippen molar-refractivity contribution in [3.8, 4) is 0 Å². The Kier molecular flexibility index (Phi) is 10.4. The van der Waals surface area contributed by atoms with E-state index in [0.717, 1.165) is 0 Å². The van der Waals surface area contributed by atoms with E-state index >= 15 is 0 Å². The zero-order chi connectivity index (χ0) is 21.2. The van der Waals surface area contributed by atoms with Crippen LogP contribution in [0.3, 0.4) is 0 Å². The van der Waals surface area contributed by atoms with Gasteiger partial charge in [0, 0.05) is 17.7 Å². The molecule has 154 valence electrons. The van der Waals surface area contributed by atoms with Crippen LogP contribution in [0.25, 0.3) is 0 Å². The summed E-state index contributed by atoms with van der Waals surface area (Å²) in [5.41, 5.74) is 4.52. The van der Waals surface area contributed by atoms with E-state index < -0.39 is 53.2 Å². The van der Waals surface area contributed by atoms with Gasteiger partial charge in [-0.05, 0) is 27.2 Å². The molecular weight excluding hydrogens is 380 g/mol. The highest BCUT2D eigenvalue weighted by Gasteiger charge is 2.26. The Balaban J connectivity index is 4.80. The van der Waals surface area contributed by atoms with Gasteiger partial charge in [0.05, 0.1) is 0 Å². The van der Waals surface area contributed by atoms with Gasteiger partial charge in [0.25, 0.3) is 5.24 Å². The average Bonchev–Trinajstić information content (AvgIpc) is 2.51. The van der Waals surface area contributed by atoms with E-state index in [0.29, 0.717) is 11.8 Å². The van der Waals surface area contributed by atoms with E-state index in [1.54, 1.807) is 20.8 Å². The number of carboxylic acid groups (broad SMARTS) is 2. The molecule has 0 saturated heterocycles. The second kappa shape index (κ2) is 11.4. The van der Waals surface area contributed by atoms with E-state index in [1.807, 2.05) is 0 Å². The fourth-order valence-electron chi connectivity index (χ4n) is 1.96. The number of hydrogen-bond donors (Lipinski definition) is 6. The van der Waals surface area contributed by atoms with Gasteiger partial charge in [-0.25, -0.2) is 0 Å². The Morgan fingerprint density at radius 2 is 1.67 bits per heavy atom. The Morgan fingerprint density at radius 3 is 2.11 bits per heavy atom. The monoisotopic (exact) mass is 406 g/mol. The van der Waals surface area contributed by atoms with Gasteiger partial charge >= 0.3 is 11.9 Å². The normalized spacial score (nSPS) is 13.3. The molecule has 0 spiro atoms. The van der Waals surface area contributed by atoms with Gasteiger partial charge in [0.1, 0.15) is 18.6 Å². The number of carbonyl (C=O) groups excluding carboxylic acids is 3. The van der Waals surface area contributed by atoms with Crippen LogP contribution in [0.4, 0.5) is 4.79 Å². The van der Waals surface area contributed by atoms with Crippen molar-refractivity contribution in [3.05, 3.63) is 0 Å². The fourth-order valence-corrected chi connectivity index (χ4v) is 2.52. The van der Waals surface area contributed by atoms with Gasteiger partial charge in [0.15, 0.2) is 0 Å². The summed E-state index contributed by atoms with van der Waals surface area (Å²) in [6.45, 7) is 4.70. The van der Waals surface area contributed by atoms with Gasteiger partial charge in [0.2, 0.25) is 11.8 Å². The maximum Gasteiger partial charge on any atom is 0.322 e. The summed E-state index contributed by atoms with van der Waals surface area (Å²) in [5, 5.41) is 24.4. The van der Waals surface area contributed by atoms with Crippen molar-refractivity contribution in [2.45, 2.75) is 51.2 Å². The number of thioether (sulfide) groups is 1. The number of hydrogen-bond acceptors (Lipinski definition) is 7. The summed E-state index contributed by atoms with van der Waals surface area (Å²) >= 11 is 0.591. The molecule has 0 aliphatic rings. The smallest absolute Gasteiger partial charge is 0.322 e. The SMILES string of the molecule is CC(C)(C)N[C@@H](CCC(=O)N[C@@H](CSC(N)=O)C(=O)NCC(=O)O)C(=O)O. The highest BCUT2D eigenvalue weighted by atomic mass is 32.2. The van der Waals surface area contributed by atoms with Crippen molar-refractivity contribution >= 4 is 40.8 Å². The molecule has 12 heteroatoms. The lowest BCUT2D eigenvalue weighted by Gasteiger charge is -2.26. The molecule has 0 bridgehead atoms.